The molecule has 1 aromatic rings. The molecule has 0 spiro atoms. The summed E-state index contributed by atoms with van der Waals surface area (Å²) < 4.78 is 5.14. The van der Waals surface area contributed by atoms with Gasteiger partial charge in [-0.05, 0) is 6.42 Å². The molecule has 2 heterocycles. The van der Waals surface area contributed by atoms with E-state index >= 15 is 0 Å². The van der Waals surface area contributed by atoms with Gasteiger partial charge in [0.05, 0.1) is 19.8 Å². The molecular weight excluding hydrogens is 212 g/mol. The fourth-order valence-corrected chi connectivity index (χ4v) is 2.46. The molecular formula is C10H16N2O2S. The van der Waals surface area contributed by atoms with Gasteiger partial charge in [-0.25, -0.2) is 4.98 Å². The molecule has 1 saturated heterocycles. The van der Waals surface area contributed by atoms with Crippen molar-refractivity contribution in [2.24, 2.45) is 5.41 Å². The minimum atomic E-state index is -0.0379. The number of nitrogens with one attached hydrogen (secondary N) is 1. The van der Waals surface area contributed by atoms with Crippen molar-refractivity contribution < 1.29 is 9.84 Å². The molecule has 1 aromatic heterocycles. The van der Waals surface area contributed by atoms with Gasteiger partial charge < -0.3 is 14.8 Å². The number of hydrogen-bond acceptors (Lipinski definition) is 4. The Morgan fingerprint density at radius 2 is 2.47 bits per heavy atom. The number of thioether (sulfide) groups is 1. The number of imidazole rings is 1. The Labute approximate surface area is 93.4 Å². The molecule has 0 radical (unpaired) electrons. The van der Waals surface area contributed by atoms with E-state index < -0.39 is 0 Å². The highest BCUT2D eigenvalue weighted by Crippen LogP contribution is 2.32. The van der Waals surface area contributed by atoms with Crippen LogP contribution in [-0.4, -0.2) is 40.6 Å². The lowest BCUT2D eigenvalue weighted by atomic mass is 9.90. The minimum absolute atomic E-state index is 0.0379. The van der Waals surface area contributed by atoms with Crippen LogP contribution in [0.4, 0.5) is 0 Å². The summed E-state index contributed by atoms with van der Waals surface area (Å²) in [7, 11) is 0. The quantitative estimate of drug-likeness (QED) is 0.740. The number of aromatic amines is 1. The lowest BCUT2D eigenvalue weighted by molar-refractivity contribution is -0.121. The topological polar surface area (TPSA) is 58.1 Å². The van der Waals surface area contributed by atoms with Crippen LogP contribution in [0.2, 0.25) is 0 Å². The van der Waals surface area contributed by atoms with Gasteiger partial charge in [0, 0.05) is 23.1 Å². The third kappa shape index (κ3) is 2.35. The lowest BCUT2D eigenvalue weighted by Gasteiger charge is -2.39. The Bertz CT molecular complexity index is 317. The summed E-state index contributed by atoms with van der Waals surface area (Å²) in [4.78, 5) is 7.50. The van der Waals surface area contributed by atoms with Crippen LogP contribution in [-0.2, 0) is 11.2 Å². The van der Waals surface area contributed by atoms with E-state index in [0.29, 0.717) is 13.2 Å². The van der Waals surface area contributed by atoms with Crippen LogP contribution in [0.25, 0.3) is 0 Å². The SMILES string of the molecule is CCc1cnc(SCC2(CO)COC2)[nH]1. The molecule has 0 amide bonds. The first-order valence-electron chi connectivity index (χ1n) is 5.13. The van der Waals surface area contributed by atoms with Gasteiger partial charge in [0.1, 0.15) is 0 Å². The summed E-state index contributed by atoms with van der Waals surface area (Å²) in [6, 6.07) is 0. The zero-order chi connectivity index (χ0) is 10.7. The summed E-state index contributed by atoms with van der Waals surface area (Å²) in [5, 5.41) is 10.2. The Morgan fingerprint density at radius 1 is 1.67 bits per heavy atom. The lowest BCUT2D eigenvalue weighted by Crippen LogP contribution is -2.47. The molecule has 0 atom stereocenters. The summed E-state index contributed by atoms with van der Waals surface area (Å²) in [6.07, 6.45) is 2.84. The van der Waals surface area contributed by atoms with Gasteiger partial charge in [-0.15, -0.1) is 0 Å². The van der Waals surface area contributed by atoms with E-state index in [1.165, 1.54) is 0 Å². The van der Waals surface area contributed by atoms with Crippen LogP contribution < -0.4 is 0 Å². The second-order valence-corrected chi connectivity index (χ2v) is 4.97. The number of ether oxygens (including phenoxy) is 1. The average Bonchev–Trinajstić information content (AvgIpc) is 2.65. The molecule has 0 aromatic carbocycles. The standard InChI is InChI=1S/C10H16N2O2S/c1-2-8-3-11-9(12-8)15-7-10(4-13)5-14-6-10/h3,13H,2,4-7H2,1H3,(H,11,12). The average molecular weight is 228 g/mol. The summed E-state index contributed by atoms with van der Waals surface area (Å²) in [5.74, 6) is 0.861. The van der Waals surface area contributed by atoms with E-state index in [1.807, 2.05) is 6.20 Å². The monoisotopic (exact) mass is 228 g/mol. The van der Waals surface area contributed by atoms with E-state index in [9.17, 15) is 5.11 Å². The molecule has 5 heteroatoms. The third-order valence-electron chi connectivity index (χ3n) is 2.65. The highest BCUT2D eigenvalue weighted by Gasteiger charge is 2.38. The van der Waals surface area contributed by atoms with Gasteiger partial charge in [-0.3, -0.25) is 0 Å². The van der Waals surface area contributed by atoms with Crippen LogP contribution >= 0.6 is 11.8 Å². The molecule has 1 aliphatic heterocycles. The van der Waals surface area contributed by atoms with Crippen molar-refractivity contribution in [2.45, 2.75) is 18.5 Å². The van der Waals surface area contributed by atoms with E-state index in [1.54, 1.807) is 11.8 Å². The van der Waals surface area contributed by atoms with Crippen molar-refractivity contribution in [3.63, 3.8) is 0 Å². The molecule has 2 N–H and O–H groups in total. The first-order valence-corrected chi connectivity index (χ1v) is 6.12. The fraction of sp³-hybridized carbons (Fsp3) is 0.700. The third-order valence-corrected chi connectivity index (χ3v) is 3.89. The highest BCUT2D eigenvalue weighted by molar-refractivity contribution is 7.99. The van der Waals surface area contributed by atoms with Gasteiger partial charge in [0.15, 0.2) is 5.16 Å². The number of aliphatic hydroxyl groups is 1. The van der Waals surface area contributed by atoms with E-state index in [-0.39, 0.29) is 12.0 Å². The molecule has 15 heavy (non-hydrogen) atoms. The zero-order valence-electron chi connectivity index (χ0n) is 8.82. The van der Waals surface area contributed by atoms with E-state index in [0.717, 1.165) is 23.0 Å². The number of rotatable bonds is 5. The van der Waals surface area contributed by atoms with Crippen LogP contribution in [0.1, 0.15) is 12.6 Å². The maximum absolute atomic E-state index is 9.24. The van der Waals surface area contributed by atoms with Crippen molar-refractivity contribution in [3.8, 4) is 0 Å². The van der Waals surface area contributed by atoms with Crippen LogP contribution in [0, 0.1) is 5.41 Å². The Balaban J connectivity index is 1.86. The number of hydrogen-bond donors (Lipinski definition) is 2. The predicted molar refractivity (Wildman–Crippen MR) is 59.0 cm³/mol. The van der Waals surface area contributed by atoms with Gasteiger partial charge >= 0.3 is 0 Å². The first kappa shape index (κ1) is 11.0. The number of H-pyrrole nitrogens is 1. The summed E-state index contributed by atoms with van der Waals surface area (Å²) in [5.41, 5.74) is 1.12. The molecule has 0 saturated carbocycles. The van der Waals surface area contributed by atoms with E-state index in [4.69, 9.17) is 4.74 Å². The first-order chi connectivity index (χ1) is 7.28. The molecule has 0 aliphatic carbocycles. The van der Waals surface area contributed by atoms with Crippen molar-refractivity contribution in [1.29, 1.82) is 0 Å². The van der Waals surface area contributed by atoms with Crippen LogP contribution in [0.3, 0.4) is 0 Å². The van der Waals surface area contributed by atoms with Crippen molar-refractivity contribution >= 4 is 11.8 Å². The fourth-order valence-electron chi connectivity index (χ4n) is 1.42. The number of aryl methyl sites for hydroxylation is 1. The second-order valence-electron chi connectivity index (χ2n) is 4.01. The van der Waals surface area contributed by atoms with Crippen molar-refractivity contribution in [2.75, 3.05) is 25.6 Å². The Morgan fingerprint density at radius 3 is 2.93 bits per heavy atom. The maximum Gasteiger partial charge on any atom is 0.165 e. The Kier molecular flexibility index (Phi) is 3.33. The van der Waals surface area contributed by atoms with Crippen LogP contribution in [0.5, 0.6) is 0 Å². The zero-order valence-corrected chi connectivity index (χ0v) is 9.64. The molecule has 4 nitrogen and oxygen atoms in total. The van der Waals surface area contributed by atoms with Gasteiger partial charge in [0.25, 0.3) is 0 Å². The van der Waals surface area contributed by atoms with Crippen LogP contribution in [0.15, 0.2) is 11.4 Å². The normalized spacial score (nSPS) is 18.8. The summed E-state index contributed by atoms with van der Waals surface area (Å²) in [6.45, 7) is 3.62. The largest absolute Gasteiger partial charge is 0.396 e. The molecule has 1 aliphatic rings. The molecule has 2 rings (SSSR count). The highest BCUT2D eigenvalue weighted by atomic mass is 32.2. The molecule has 1 fully saturated rings. The van der Waals surface area contributed by atoms with Gasteiger partial charge in [-0.1, -0.05) is 18.7 Å². The smallest absolute Gasteiger partial charge is 0.165 e. The minimum Gasteiger partial charge on any atom is -0.396 e. The van der Waals surface area contributed by atoms with Crippen molar-refractivity contribution in [1.82, 2.24) is 9.97 Å². The van der Waals surface area contributed by atoms with E-state index in [2.05, 4.69) is 16.9 Å². The number of nitrogens with zero attached hydrogens (tertiary/aromatic N) is 1. The number of aromatic nitrogens is 2. The van der Waals surface area contributed by atoms with Gasteiger partial charge in [0.2, 0.25) is 0 Å². The number of aliphatic hydroxyl groups excluding tert-OH is 1. The van der Waals surface area contributed by atoms with Crippen molar-refractivity contribution in [3.05, 3.63) is 11.9 Å². The second kappa shape index (κ2) is 4.55. The van der Waals surface area contributed by atoms with Gasteiger partial charge in [-0.2, -0.15) is 0 Å². The molecule has 84 valence electrons. The maximum atomic E-state index is 9.24. The predicted octanol–water partition coefficient (Wildman–Crippen LogP) is 1.07. The summed E-state index contributed by atoms with van der Waals surface area (Å²) >= 11 is 1.66. The molecule has 0 bridgehead atoms. The Hall–Kier alpha value is -0.520. The molecule has 0 unspecified atom stereocenters.